The molecule has 6 nitrogen and oxygen atoms in total. The second-order valence-corrected chi connectivity index (χ2v) is 9.42. The number of carbonyl (C=O) groups is 2. The van der Waals surface area contributed by atoms with Gasteiger partial charge in [-0.1, -0.05) is 30.3 Å². The molecule has 2 saturated heterocycles. The summed E-state index contributed by atoms with van der Waals surface area (Å²) in [5.74, 6) is 0.726. The molecule has 0 aromatic heterocycles. The summed E-state index contributed by atoms with van der Waals surface area (Å²) in [5.41, 5.74) is 1.08. The Labute approximate surface area is 186 Å². The van der Waals surface area contributed by atoms with Crippen molar-refractivity contribution in [2.24, 2.45) is 0 Å². The Balaban J connectivity index is 1.40. The Hall–Kier alpha value is -2.08. The lowest BCUT2D eigenvalue weighted by atomic mass is 9.75. The van der Waals surface area contributed by atoms with E-state index in [9.17, 15) is 9.59 Å². The van der Waals surface area contributed by atoms with Crippen molar-refractivity contribution in [2.75, 3.05) is 19.7 Å². The lowest BCUT2D eigenvalue weighted by Crippen LogP contribution is -2.69. The van der Waals surface area contributed by atoms with Crippen LogP contribution in [-0.4, -0.2) is 54.2 Å². The highest BCUT2D eigenvalue weighted by Gasteiger charge is 2.48. The smallest absolute Gasteiger partial charge is 0.317 e. The van der Waals surface area contributed by atoms with Crippen molar-refractivity contribution in [1.29, 1.82) is 0 Å². The van der Waals surface area contributed by atoms with Gasteiger partial charge < -0.3 is 20.3 Å². The number of nitrogens with zero attached hydrogens (tertiary/aromatic N) is 1. The third kappa shape index (κ3) is 5.05. The van der Waals surface area contributed by atoms with Crippen LogP contribution in [0.15, 0.2) is 30.3 Å². The Morgan fingerprint density at radius 1 is 1.16 bits per heavy atom. The van der Waals surface area contributed by atoms with E-state index in [-0.39, 0.29) is 29.6 Å². The fourth-order valence-electron chi connectivity index (χ4n) is 5.85. The van der Waals surface area contributed by atoms with Gasteiger partial charge in [-0.15, -0.1) is 0 Å². The number of urea groups is 1. The maximum atomic E-state index is 12.8. The van der Waals surface area contributed by atoms with Gasteiger partial charge in [0.2, 0.25) is 5.91 Å². The highest BCUT2D eigenvalue weighted by Crippen LogP contribution is 2.37. The Bertz CT molecular complexity index is 744. The van der Waals surface area contributed by atoms with Crippen LogP contribution < -0.4 is 10.6 Å². The molecular weight excluding hydrogens is 390 g/mol. The SMILES string of the molecule is CCNC(=O)N1CCC[C@@]2(CCCC(=O)N2)[C@@H]1CO[C@H]1CC[C@@H](c2ccccc2)CC1. The molecule has 1 saturated carbocycles. The molecule has 3 aliphatic rings. The number of carbonyl (C=O) groups excluding carboxylic acids is 2. The van der Waals surface area contributed by atoms with Gasteiger partial charge in [0.15, 0.2) is 0 Å². The number of benzene rings is 1. The van der Waals surface area contributed by atoms with Gasteiger partial charge in [-0.25, -0.2) is 4.79 Å². The van der Waals surface area contributed by atoms with E-state index in [4.69, 9.17) is 4.74 Å². The summed E-state index contributed by atoms with van der Waals surface area (Å²) < 4.78 is 6.46. The lowest BCUT2D eigenvalue weighted by molar-refractivity contribution is -0.129. The summed E-state index contributed by atoms with van der Waals surface area (Å²) >= 11 is 0. The van der Waals surface area contributed by atoms with Gasteiger partial charge in [-0.2, -0.15) is 0 Å². The number of rotatable bonds is 5. The third-order valence-electron chi connectivity index (χ3n) is 7.47. The molecule has 3 amide bonds. The van der Waals surface area contributed by atoms with E-state index in [1.54, 1.807) is 0 Å². The largest absolute Gasteiger partial charge is 0.376 e. The molecule has 0 unspecified atom stereocenters. The first-order chi connectivity index (χ1) is 15.1. The molecule has 3 fully saturated rings. The zero-order valence-corrected chi connectivity index (χ0v) is 18.8. The van der Waals surface area contributed by atoms with Crippen LogP contribution in [0.2, 0.25) is 0 Å². The Kier molecular flexibility index (Phi) is 7.16. The lowest BCUT2D eigenvalue weighted by Gasteiger charge is -2.52. The average molecular weight is 428 g/mol. The second kappa shape index (κ2) is 10.0. The maximum absolute atomic E-state index is 12.8. The quantitative estimate of drug-likeness (QED) is 0.747. The molecular formula is C25H37N3O3. The fourth-order valence-corrected chi connectivity index (χ4v) is 5.85. The molecule has 0 radical (unpaired) electrons. The van der Waals surface area contributed by atoms with E-state index < -0.39 is 0 Å². The molecule has 1 aliphatic carbocycles. The topological polar surface area (TPSA) is 70.7 Å². The molecule has 2 aliphatic heterocycles. The zero-order valence-electron chi connectivity index (χ0n) is 18.8. The Morgan fingerprint density at radius 3 is 2.61 bits per heavy atom. The first-order valence-electron chi connectivity index (χ1n) is 12.1. The summed E-state index contributed by atoms with van der Waals surface area (Å²) in [4.78, 5) is 27.0. The van der Waals surface area contributed by atoms with Crippen LogP contribution in [0, 0.1) is 0 Å². The number of likely N-dealkylation sites (tertiary alicyclic amines) is 1. The molecule has 1 spiro atoms. The monoisotopic (exact) mass is 427 g/mol. The van der Waals surface area contributed by atoms with Crippen LogP contribution >= 0.6 is 0 Å². The van der Waals surface area contributed by atoms with Crippen molar-refractivity contribution in [2.45, 2.75) is 88.3 Å². The van der Waals surface area contributed by atoms with Crippen LogP contribution in [0.5, 0.6) is 0 Å². The van der Waals surface area contributed by atoms with E-state index in [0.717, 1.165) is 57.9 Å². The van der Waals surface area contributed by atoms with E-state index in [0.29, 0.717) is 25.5 Å². The highest BCUT2D eigenvalue weighted by atomic mass is 16.5. The van der Waals surface area contributed by atoms with Crippen molar-refractivity contribution in [3.8, 4) is 0 Å². The molecule has 4 rings (SSSR count). The van der Waals surface area contributed by atoms with Crippen molar-refractivity contribution in [3.63, 3.8) is 0 Å². The van der Waals surface area contributed by atoms with E-state index in [2.05, 4.69) is 41.0 Å². The minimum absolute atomic E-state index is 0.0391. The molecule has 170 valence electrons. The highest BCUT2D eigenvalue weighted by molar-refractivity contribution is 5.79. The minimum Gasteiger partial charge on any atom is -0.376 e. The third-order valence-corrected chi connectivity index (χ3v) is 7.47. The summed E-state index contributed by atoms with van der Waals surface area (Å²) in [7, 11) is 0. The number of nitrogens with one attached hydrogen (secondary N) is 2. The normalized spacial score (nSPS) is 31.3. The van der Waals surface area contributed by atoms with Crippen LogP contribution in [0.4, 0.5) is 4.79 Å². The molecule has 2 N–H and O–H groups in total. The number of piperidine rings is 2. The van der Waals surface area contributed by atoms with E-state index in [1.807, 2.05) is 11.8 Å². The van der Waals surface area contributed by atoms with Crippen molar-refractivity contribution in [1.82, 2.24) is 15.5 Å². The van der Waals surface area contributed by atoms with Gasteiger partial charge in [0, 0.05) is 19.5 Å². The van der Waals surface area contributed by atoms with Gasteiger partial charge in [0.1, 0.15) is 0 Å². The second-order valence-electron chi connectivity index (χ2n) is 9.42. The predicted octanol–water partition coefficient (Wildman–Crippen LogP) is 3.96. The van der Waals surface area contributed by atoms with Crippen LogP contribution in [-0.2, 0) is 9.53 Å². The summed E-state index contributed by atoms with van der Waals surface area (Å²) in [6, 6.07) is 10.6. The van der Waals surface area contributed by atoms with Crippen molar-refractivity contribution in [3.05, 3.63) is 35.9 Å². The van der Waals surface area contributed by atoms with Crippen molar-refractivity contribution < 1.29 is 14.3 Å². The summed E-state index contributed by atoms with van der Waals surface area (Å²) in [6.45, 7) is 3.76. The number of hydrogen-bond donors (Lipinski definition) is 2. The molecule has 1 aromatic carbocycles. The van der Waals surface area contributed by atoms with Gasteiger partial charge in [-0.3, -0.25) is 4.79 Å². The number of hydrogen-bond acceptors (Lipinski definition) is 3. The average Bonchev–Trinajstić information content (AvgIpc) is 2.79. The Morgan fingerprint density at radius 2 is 1.90 bits per heavy atom. The molecule has 0 bridgehead atoms. The summed E-state index contributed by atoms with van der Waals surface area (Å²) in [5, 5.41) is 6.24. The molecule has 6 heteroatoms. The van der Waals surface area contributed by atoms with E-state index in [1.165, 1.54) is 5.56 Å². The first-order valence-corrected chi connectivity index (χ1v) is 12.1. The summed E-state index contributed by atoms with van der Waals surface area (Å²) in [6.07, 6.45) is 8.83. The van der Waals surface area contributed by atoms with Crippen LogP contribution in [0.1, 0.15) is 76.2 Å². The van der Waals surface area contributed by atoms with Gasteiger partial charge in [0.25, 0.3) is 0 Å². The molecule has 31 heavy (non-hydrogen) atoms. The minimum atomic E-state index is -0.347. The van der Waals surface area contributed by atoms with Gasteiger partial charge >= 0.3 is 6.03 Å². The number of amides is 3. The first kappa shape index (κ1) is 22.1. The predicted molar refractivity (Wildman–Crippen MR) is 121 cm³/mol. The van der Waals surface area contributed by atoms with Gasteiger partial charge in [0.05, 0.1) is 24.3 Å². The maximum Gasteiger partial charge on any atom is 0.317 e. The number of ether oxygens (including phenoxy) is 1. The van der Waals surface area contributed by atoms with E-state index >= 15 is 0 Å². The molecule has 1 aromatic rings. The molecule has 2 heterocycles. The van der Waals surface area contributed by atoms with Crippen LogP contribution in [0.25, 0.3) is 0 Å². The zero-order chi connectivity index (χ0) is 21.7. The molecule has 2 atom stereocenters. The van der Waals surface area contributed by atoms with Gasteiger partial charge in [-0.05, 0) is 69.8 Å². The van der Waals surface area contributed by atoms with Crippen molar-refractivity contribution >= 4 is 11.9 Å². The van der Waals surface area contributed by atoms with Crippen LogP contribution in [0.3, 0.4) is 0 Å². The fraction of sp³-hybridized carbons (Fsp3) is 0.680. The standard InChI is InChI=1S/C25H37N3O3/c1-2-26-24(30)28-17-7-16-25(15-6-10-23(29)27-25)22(28)18-31-21-13-11-20(12-14-21)19-8-4-3-5-9-19/h3-5,8-9,20-22H,2,6-7,10-18H2,1H3,(H,26,30)(H,27,29)/t20-,21+,22-,25-/m0/s1.